The third-order valence-electron chi connectivity index (χ3n) is 5.60. The van der Waals surface area contributed by atoms with Crippen LogP contribution in [0.3, 0.4) is 0 Å². The van der Waals surface area contributed by atoms with Gasteiger partial charge in [-0.3, -0.25) is 14.7 Å². The molecule has 1 saturated heterocycles. The fraction of sp³-hybridized carbons (Fsp3) is 0.714. The molecule has 1 fully saturated rings. The van der Waals surface area contributed by atoms with Crippen molar-refractivity contribution < 1.29 is 4.79 Å². The Kier molecular flexibility index (Phi) is 12.8. The highest BCUT2D eigenvalue weighted by atomic mass is 127. The molecule has 166 valence electrons. The van der Waals surface area contributed by atoms with E-state index in [0.29, 0.717) is 18.4 Å². The fourth-order valence-electron chi connectivity index (χ4n) is 3.87. The van der Waals surface area contributed by atoms with Crippen LogP contribution in [0.4, 0.5) is 0 Å². The Bertz CT molecular complexity index is 598. The molecule has 0 radical (unpaired) electrons. The van der Waals surface area contributed by atoms with Gasteiger partial charge in [-0.1, -0.05) is 13.8 Å². The van der Waals surface area contributed by atoms with Gasteiger partial charge in [-0.2, -0.15) is 11.3 Å². The van der Waals surface area contributed by atoms with Gasteiger partial charge in [0.05, 0.1) is 12.6 Å². The summed E-state index contributed by atoms with van der Waals surface area (Å²) < 4.78 is 0. The van der Waals surface area contributed by atoms with Gasteiger partial charge in [0.1, 0.15) is 0 Å². The summed E-state index contributed by atoms with van der Waals surface area (Å²) in [5.74, 6) is 1.64. The van der Waals surface area contributed by atoms with Crippen LogP contribution in [-0.4, -0.2) is 68.0 Å². The second-order valence-electron chi connectivity index (χ2n) is 7.30. The van der Waals surface area contributed by atoms with Crippen molar-refractivity contribution in [2.24, 2.45) is 10.9 Å². The molecule has 1 atom stereocenters. The van der Waals surface area contributed by atoms with E-state index in [1.165, 1.54) is 5.56 Å². The van der Waals surface area contributed by atoms with Crippen LogP contribution < -0.4 is 10.6 Å². The Morgan fingerprint density at radius 2 is 2.00 bits per heavy atom. The number of halogens is 1. The third kappa shape index (κ3) is 8.05. The van der Waals surface area contributed by atoms with Crippen LogP contribution in [0.2, 0.25) is 0 Å². The summed E-state index contributed by atoms with van der Waals surface area (Å²) in [4.78, 5) is 21.5. The maximum atomic E-state index is 11.6. The number of piperidine rings is 1. The predicted octanol–water partition coefficient (Wildman–Crippen LogP) is 3.56. The third-order valence-corrected chi connectivity index (χ3v) is 6.30. The van der Waals surface area contributed by atoms with E-state index in [4.69, 9.17) is 4.99 Å². The molecule has 1 aliphatic heterocycles. The highest BCUT2D eigenvalue weighted by molar-refractivity contribution is 14.0. The van der Waals surface area contributed by atoms with E-state index >= 15 is 0 Å². The number of carbonyl (C=O) groups excluding carboxylic acids is 1. The Morgan fingerprint density at radius 3 is 2.52 bits per heavy atom. The lowest BCUT2D eigenvalue weighted by atomic mass is 9.93. The summed E-state index contributed by atoms with van der Waals surface area (Å²) >= 11 is 1.75. The highest BCUT2D eigenvalue weighted by Crippen LogP contribution is 2.24. The fourth-order valence-corrected chi connectivity index (χ4v) is 4.58. The summed E-state index contributed by atoms with van der Waals surface area (Å²) in [7, 11) is 1.72. The number of hydrogen-bond acceptors (Lipinski definition) is 4. The number of nitrogens with zero attached hydrogens (tertiary/aromatic N) is 3. The van der Waals surface area contributed by atoms with Crippen molar-refractivity contribution in [3.05, 3.63) is 22.4 Å². The number of likely N-dealkylation sites (N-methyl/N-ethyl adjacent to an activating group) is 1. The minimum Gasteiger partial charge on any atom is -0.359 e. The van der Waals surface area contributed by atoms with Crippen LogP contribution in [0.5, 0.6) is 0 Å². The van der Waals surface area contributed by atoms with Gasteiger partial charge in [-0.25, -0.2) is 0 Å². The van der Waals surface area contributed by atoms with Crippen LogP contribution in [-0.2, 0) is 4.79 Å². The van der Waals surface area contributed by atoms with Crippen molar-refractivity contribution in [1.29, 1.82) is 0 Å². The number of carbonyl (C=O) groups is 1. The van der Waals surface area contributed by atoms with E-state index in [-0.39, 0.29) is 29.9 Å². The lowest BCUT2D eigenvalue weighted by molar-refractivity contribution is -0.121. The second kappa shape index (κ2) is 14.2. The zero-order valence-corrected chi connectivity index (χ0v) is 21.5. The number of aliphatic imine (C=N–C) groups is 1. The largest absolute Gasteiger partial charge is 0.359 e. The number of nitrogens with one attached hydrogen (secondary N) is 2. The van der Waals surface area contributed by atoms with Crippen LogP contribution in [0, 0.1) is 5.92 Å². The summed E-state index contributed by atoms with van der Waals surface area (Å²) in [5, 5.41) is 10.6. The first-order chi connectivity index (χ1) is 13.6. The van der Waals surface area contributed by atoms with Crippen molar-refractivity contribution in [3.8, 4) is 0 Å². The lowest BCUT2D eigenvalue weighted by Gasteiger charge is -2.35. The van der Waals surface area contributed by atoms with E-state index < -0.39 is 0 Å². The van der Waals surface area contributed by atoms with Gasteiger partial charge in [0.2, 0.25) is 5.91 Å². The van der Waals surface area contributed by atoms with Gasteiger partial charge in [-0.05, 0) is 61.2 Å². The molecule has 0 saturated carbocycles. The molecule has 2 N–H and O–H groups in total. The van der Waals surface area contributed by atoms with E-state index in [2.05, 4.69) is 58.0 Å². The van der Waals surface area contributed by atoms with Gasteiger partial charge >= 0.3 is 0 Å². The molecule has 0 spiro atoms. The summed E-state index contributed by atoms with van der Waals surface area (Å²) in [6, 6.07) is 2.54. The minimum absolute atomic E-state index is 0. The zero-order valence-electron chi connectivity index (χ0n) is 18.3. The maximum Gasteiger partial charge on any atom is 0.220 e. The van der Waals surface area contributed by atoms with Crippen molar-refractivity contribution in [3.63, 3.8) is 0 Å². The first kappa shape index (κ1) is 26.2. The Morgan fingerprint density at radius 1 is 1.31 bits per heavy atom. The average molecular weight is 536 g/mol. The molecule has 1 aliphatic rings. The quantitative estimate of drug-likeness (QED) is 0.289. The van der Waals surface area contributed by atoms with E-state index in [1.54, 1.807) is 18.4 Å². The average Bonchev–Trinajstić information content (AvgIpc) is 3.25. The van der Waals surface area contributed by atoms with Gasteiger partial charge in [0.15, 0.2) is 5.96 Å². The molecule has 1 unspecified atom stereocenters. The minimum atomic E-state index is 0. The smallest absolute Gasteiger partial charge is 0.220 e. The molecule has 1 amide bonds. The number of likely N-dealkylation sites (tertiary alicyclic amines) is 1. The maximum absolute atomic E-state index is 11.6. The van der Waals surface area contributed by atoms with Crippen molar-refractivity contribution in [2.75, 3.05) is 46.3 Å². The molecule has 0 aliphatic carbocycles. The van der Waals surface area contributed by atoms with Gasteiger partial charge in [-0.15, -0.1) is 24.0 Å². The number of rotatable bonds is 9. The molecule has 0 bridgehead atoms. The van der Waals surface area contributed by atoms with Crippen LogP contribution in [0.25, 0.3) is 0 Å². The van der Waals surface area contributed by atoms with Crippen LogP contribution in [0.1, 0.15) is 51.6 Å². The van der Waals surface area contributed by atoms with E-state index in [1.807, 2.05) is 0 Å². The van der Waals surface area contributed by atoms with Crippen LogP contribution >= 0.6 is 35.3 Å². The molecule has 29 heavy (non-hydrogen) atoms. The zero-order chi connectivity index (χ0) is 20.4. The molecule has 6 nitrogen and oxygen atoms in total. The number of amides is 1. The SMILES string of the molecule is CCNC(=NCC(c1ccsc1)N(CC)CC)N1CCC(CC(=O)NC)CC1.I. The highest BCUT2D eigenvalue weighted by Gasteiger charge is 2.24. The molecule has 8 heteroatoms. The van der Waals surface area contributed by atoms with Crippen molar-refractivity contribution in [1.82, 2.24) is 20.4 Å². The Labute approximate surface area is 197 Å². The Hall–Kier alpha value is -0.870. The van der Waals surface area contributed by atoms with E-state index in [0.717, 1.165) is 58.1 Å². The van der Waals surface area contributed by atoms with Gasteiger partial charge in [0.25, 0.3) is 0 Å². The molecular formula is C21H38IN5OS. The standard InChI is InChI=1S/C21H37N5OS.HI/c1-5-23-21(26-11-8-17(9-12-26)14-20(27)22-4)24-15-19(25(6-2)7-3)18-10-13-28-16-18;/h10,13,16-17,19H,5-9,11-12,14-15H2,1-4H3,(H,22,27)(H,23,24);1H. The van der Waals surface area contributed by atoms with Crippen molar-refractivity contribution in [2.45, 2.75) is 46.1 Å². The summed E-state index contributed by atoms with van der Waals surface area (Å²) in [6.07, 6.45) is 2.73. The summed E-state index contributed by atoms with van der Waals surface area (Å²) in [5.41, 5.74) is 1.36. The van der Waals surface area contributed by atoms with Crippen LogP contribution in [0.15, 0.2) is 21.8 Å². The number of hydrogen-bond donors (Lipinski definition) is 2. The van der Waals surface area contributed by atoms with Gasteiger partial charge < -0.3 is 15.5 Å². The predicted molar refractivity (Wildman–Crippen MR) is 134 cm³/mol. The first-order valence-electron chi connectivity index (χ1n) is 10.6. The molecule has 1 aromatic heterocycles. The van der Waals surface area contributed by atoms with E-state index in [9.17, 15) is 4.79 Å². The molecule has 1 aromatic rings. The number of thiophene rings is 1. The second-order valence-corrected chi connectivity index (χ2v) is 8.08. The van der Waals surface area contributed by atoms with Gasteiger partial charge in [0, 0.05) is 33.1 Å². The topological polar surface area (TPSA) is 60.0 Å². The summed E-state index contributed by atoms with van der Waals surface area (Å²) in [6.45, 7) is 12.1. The monoisotopic (exact) mass is 535 g/mol. The molecule has 2 rings (SSSR count). The Balaban J connectivity index is 0.00000420. The molecule has 0 aromatic carbocycles. The molecular weight excluding hydrogens is 497 g/mol. The van der Waals surface area contributed by atoms with Crippen molar-refractivity contribution >= 4 is 47.2 Å². The normalized spacial score (nSPS) is 16.4. The first-order valence-corrected chi connectivity index (χ1v) is 11.6. The number of guanidine groups is 1. The lowest BCUT2D eigenvalue weighted by Crippen LogP contribution is -2.46. The molecule has 2 heterocycles.